The third-order valence-electron chi connectivity index (χ3n) is 1.77. The summed E-state index contributed by atoms with van der Waals surface area (Å²) >= 11 is 0. The Hall–Kier alpha value is -1.77. The molecule has 0 aliphatic heterocycles. The number of allylic oxidation sites excluding steroid dienone is 1. The molecule has 0 atom stereocenters. The van der Waals surface area contributed by atoms with E-state index in [-0.39, 0.29) is 6.61 Å². The molecule has 0 heterocycles. The smallest absolute Gasteiger partial charge is 0.341 e. The van der Waals surface area contributed by atoms with E-state index >= 15 is 0 Å². The topological polar surface area (TPSA) is 46.5 Å². The number of carboxylic acid groups (broad SMARTS) is 1. The highest BCUT2D eigenvalue weighted by Crippen LogP contribution is 2.14. The number of ether oxygens (including phenoxy) is 1. The van der Waals surface area contributed by atoms with Crippen LogP contribution in [0.4, 0.5) is 0 Å². The quantitative estimate of drug-likeness (QED) is 0.805. The van der Waals surface area contributed by atoms with E-state index in [2.05, 4.69) is 6.92 Å². The van der Waals surface area contributed by atoms with Crippen LogP contribution in [0.15, 0.2) is 30.3 Å². The van der Waals surface area contributed by atoms with Gasteiger partial charge in [-0.2, -0.15) is 0 Å². The average molecular weight is 206 g/mol. The molecule has 0 spiro atoms. The molecule has 3 heteroatoms. The number of aliphatic carboxylic acids is 1. The third kappa shape index (κ3) is 4.31. The molecule has 0 aromatic heterocycles. The Morgan fingerprint density at radius 2 is 2.33 bits per heavy atom. The van der Waals surface area contributed by atoms with Gasteiger partial charge in [0.2, 0.25) is 0 Å². The van der Waals surface area contributed by atoms with Crippen LogP contribution in [-0.4, -0.2) is 17.7 Å². The lowest BCUT2D eigenvalue weighted by molar-refractivity contribution is -0.139. The van der Waals surface area contributed by atoms with Crippen LogP contribution in [0.3, 0.4) is 0 Å². The zero-order valence-corrected chi connectivity index (χ0v) is 8.64. The van der Waals surface area contributed by atoms with Crippen LogP contribution < -0.4 is 4.74 Å². The van der Waals surface area contributed by atoms with Gasteiger partial charge in [0, 0.05) is 0 Å². The van der Waals surface area contributed by atoms with Gasteiger partial charge in [-0.15, -0.1) is 0 Å². The van der Waals surface area contributed by atoms with Crippen molar-refractivity contribution in [3.05, 3.63) is 35.9 Å². The molecule has 0 amide bonds. The monoisotopic (exact) mass is 206 g/mol. The predicted molar refractivity (Wildman–Crippen MR) is 58.9 cm³/mol. The van der Waals surface area contributed by atoms with E-state index in [0.717, 1.165) is 12.0 Å². The van der Waals surface area contributed by atoms with Crippen molar-refractivity contribution in [1.29, 1.82) is 0 Å². The van der Waals surface area contributed by atoms with Crippen molar-refractivity contribution in [2.24, 2.45) is 0 Å². The van der Waals surface area contributed by atoms with E-state index in [1.807, 2.05) is 30.4 Å². The minimum Gasteiger partial charge on any atom is -0.482 e. The molecule has 1 aromatic rings. The summed E-state index contributed by atoms with van der Waals surface area (Å²) in [5, 5.41) is 8.45. The van der Waals surface area contributed by atoms with Crippen molar-refractivity contribution >= 4 is 12.0 Å². The van der Waals surface area contributed by atoms with Gasteiger partial charge in [-0.25, -0.2) is 4.79 Å². The number of hydrogen-bond donors (Lipinski definition) is 1. The molecule has 0 bridgehead atoms. The molecular formula is C12H14O3. The van der Waals surface area contributed by atoms with Crippen molar-refractivity contribution in [3.63, 3.8) is 0 Å². The summed E-state index contributed by atoms with van der Waals surface area (Å²) in [4.78, 5) is 10.3. The maximum Gasteiger partial charge on any atom is 0.341 e. The molecule has 0 saturated heterocycles. The molecule has 0 aliphatic rings. The van der Waals surface area contributed by atoms with Crippen LogP contribution >= 0.6 is 0 Å². The number of carboxylic acids is 1. The molecule has 80 valence electrons. The van der Waals surface area contributed by atoms with Crippen molar-refractivity contribution in [3.8, 4) is 5.75 Å². The summed E-state index contributed by atoms with van der Waals surface area (Å²) in [5.41, 5.74) is 1.01. The zero-order chi connectivity index (χ0) is 11.1. The van der Waals surface area contributed by atoms with Crippen molar-refractivity contribution < 1.29 is 14.6 Å². The average Bonchev–Trinajstić information content (AvgIpc) is 2.24. The Morgan fingerprint density at radius 1 is 1.53 bits per heavy atom. The van der Waals surface area contributed by atoms with E-state index in [1.54, 1.807) is 6.07 Å². The van der Waals surface area contributed by atoms with E-state index in [0.29, 0.717) is 5.75 Å². The second-order valence-electron chi connectivity index (χ2n) is 3.07. The normalized spacial score (nSPS) is 10.5. The predicted octanol–water partition coefficient (Wildman–Crippen LogP) is 2.57. The maximum atomic E-state index is 10.3. The fourth-order valence-corrected chi connectivity index (χ4v) is 1.11. The molecule has 0 fully saturated rings. The molecule has 1 aromatic carbocycles. The lowest BCUT2D eigenvalue weighted by Gasteiger charge is -2.03. The first-order valence-electron chi connectivity index (χ1n) is 4.83. The van der Waals surface area contributed by atoms with Crippen LogP contribution in [0, 0.1) is 0 Å². The number of carbonyl (C=O) groups is 1. The van der Waals surface area contributed by atoms with Crippen molar-refractivity contribution in [2.45, 2.75) is 13.3 Å². The van der Waals surface area contributed by atoms with Gasteiger partial charge in [-0.1, -0.05) is 31.2 Å². The van der Waals surface area contributed by atoms with E-state index < -0.39 is 5.97 Å². The van der Waals surface area contributed by atoms with Crippen LogP contribution in [-0.2, 0) is 4.79 Å². The van der Waals surface area contributed by atoms with Gasteiger partial charge in [0.15, 0.2) is 6.61 Å². The summed E-state index contributed by atoms with van der Waals surface area (Å²) in [5.74, 6) is -0.389. The largest absolute Gasteiger partial charge is 0.482 e. The van der Waals surface area contributed by atoms with Gasteiger partial charge < -0.3 is 9.84 Å². The van der Waals surface area contributed by atoms with Crippen LogP contribution in [0.2, 0.25) is 0 Å². The van der Waals surface area contributed by atoms with Gasteiger partial charge in [-0.3, -0.25) is 0 Å². The summed E-state index contributed by atoms with van der Waals surface area (Å²) in [7, 11) is 0. The second kappa shape index (κ2) is 5.86. The Morgan fingerprint density at radius 3 is 3.00 bits per heavy atom. The molecule has 15 heavy (non-hydrogen) atoms. The highest BCUT2D eigenvalue weighted by atomic mass is 16.5. The molecular weight excluding hydrogens is 192 g/mol. The van der Waals surface area contributed by atoms with Crippen LogP contribution in [0.25, 0.3) is 6.08 Å². The maximum absolute atomic E-state index is 10.3. The summed E-state index contributed by atoms with van der Waals surface area (Å²) < 4.78 is 5.05. The Labute approximate surface area is 89.0 Å². The molecule has 3 nitrogen and oxygen atoms in total. The molecule has 1 rings (SSSR count). The fraction of sp³-hybridized carbons (Fsp3) is 0.250. The Kier molecular flexibility index (Phi) is 4.41. The summed E-state index contributed by atoms with van der Waals surface area (Å²) in [6.07, 6.45) is 4.99. The lowest BCUT2D eigenvalue weighted by atomic mass is 10.2. The first-order chi connectivity index (χ1) is 7.22. The first-order valence-corrected chi connectivity index (χ1v) is 4.83. The van der Waals surface area contributed by atoms with Crippen LogP contribution in [0.5, 0.6) is 5.75 Å². The van der Waals surface area contributed by atoms with Gasteiger partial charge in [0.05, 0.1) is 0 Å². The zero-order valence-electron chi connectivity index (χ0n) is 8.64. The minimum atomic E-state index is -0.968. The molecule has 0 unspecified atom stereocenters. The number of benzene rings is 1. The molecule has 1 N–H and O–H groups in total. The summed E-state index contributed by atoms with van der Waals surface area (Å²) in [6.45, 7) is 1.75. The first kappa shape index (κ1) is 11.3. The highest BCUT2D eigenvalue weighted by molar-refractivity contribution is 5.68. The molecule has 0 radical (unpaired) electrons. The highest BCUT2D eigenvalue weighted by Gasteiger charge is 1.98. The number of hydrogen-bond acceptors (Lipinski definition) is 2. The fourth-order valence-electron chi connectivity index (χ4n) is 1.11. The van der Waals surface area contributed by atoms with E-state index in [1.165, 1.54) is 0 Å². The van der Waals surface area contributed by atoms with Gasteiger partial charge >= 0.3 is 5.97 Å². The van der Waals surface area contributed by atoms with Crippen molar-refractivity contribution in [1.82, 2.24) is 0 Å². The number of rotatable bonds is 5. The van der Waals surface area contributed by atoms with Crippen LogP contribution in [0.1, 0.15) is 18.9 Å². The molecule has 0 saturated carbocycles. The SMILES string of the molecule is CC/C=C/c1cccc(OCC(=O)O)c1. The van der Waals surface area contributed by atoms with Gasteiger partial charge in [-0.05, 0) is 24.1 Å². The Bertz CT molecular complexity index is 356. The standard InChI is InChI=1S/C12H14O3/c1-2-3-5-10-6-4-7-11(8-10)15-9-12(13)14/h3-8H,2,9H2,1H3,(H,13,14)/b5-3+. The third-order valence-corrected chi connectivity index (χ3v) is 1.77. The van der Waals surface area contributed by atoms with Crippen molar-refractivity contribution in [2.75, 3.05) is 6.61 Å². The minimum absolute atomic E-state index is 0.305. The van der Waals surface area contributed by atoms with Gasteiger partial charge in [0.1, 0.15) is 5.75 Å². The second-order valence-corrected chi connectivity index (χ2v) is 3.07. The van der Waals surface area contributed by atoms with Gasteiger partial charge in [0.25, 0.3) is 0 Å². The summed E-state index contributed by atoms with van der Waals surface area (Å²) in [6, 6.07) is 7.34. The Balaban J connectivity index is 2.65. The molecule has 0 aliphatic carbocycles. The van der Waals surface area contributed by atoms with E-state index in [4.69, 9.17) is 9.84 Å². The van der Waals surface area contributed by atoms with E-state index in [9.17, 15) is 4.79 Å². The lowest BCUT2D eigenvalue weighted by Crippen LogP contribution is -2.09.